The van der Waals surface area contributed by atoms with Crippen molar-refractivity contribution in [2.45, 2.75) is 66.2 Å². The van der Waals surface area contributed by atoms with E-state index in [4.69, 9.17) is 11.5 Å². The van der Waals surface area contributed by atoms with E-state index >= 15 is 0 Å². The summed E-state index contributed by atoms with van der Waals surface area (Å²) in [6.07, 6.45) is 0. The Labute approximate surface area is 169 Å². The zero-order valence-electron chi connectivity index (χ0n) is 18.5. The second-order valence-corrected chi connectivity index (χ2v) is 9.47. The highest BCUT2D eigenvalue weighted by Gasteiger charge is 2.16. The molecular formula is C24H34N4. The van der Waals surface area contributed by atoms with Gasteiger partial charge in [0.1, 0.15) is 0 Å². The maximum Gasteiger partial charge on any atom is 0.0692 e. The molecule has 0 spiro atoms. The number of rotatable bonds is 3. The molecule has 0 atom stereocenters. The summed E-state index contributed by atoms with van der Waals surface area (Å²) >= 11 is 0. The molecule has 0 saturated heterocycles. The van der Waals surface area contributed by atoms with E-state index in [-0.39, 0.29) is 10.8 Å². The van der Waals surface area contributed by atoms with Crippen LogP contribution in [-0.2, 0) is 10.8 Å². The van der Waals surface area contributed by atoms with Crippen LogP contribution in [0.4, 0.5) is 11.4 Å². The summed E-state index contributed by atoms with van der Waals surface area (Å²) < 4.78 is 0. The molecule has 4 heteroatoms. The average molecular weight is 379 g/mol. The van der Waals surface area contributed by atoms with Crippen molar-refractivity contribution >= 4 is 22.8 Å². The second-order valence-electron chi connectivity index (χ2n) is 9.47. The molecule has 0 aromatic heterocycles. The Balaban J connectivity index is 2.32. The van der Waals surface area contributed by atoms with Crippen molar-refractivity contribution in [1.29, 1.82) is 0 Å². The summed E-state index contributed by atoms with van der Waals surface area (Å²) in [6, 6.07) is 12.3. The van der Waals surface area contributed by atoms with E-state index in [1.54, 1.807) is 0 Å². The molecule has 0 aliphatic heterocycles. The number of anilines is 2. The first-order valence-corrected chi connectivity index (χ1v) is 9.70. The lowest BCUT2D eigenvalue weighted by molar-refractivity contribution is 0.590. The van der Waals surface area contributed by atoms with Crippen molar-refractivity contribution in [3.63, 3.8) is 0 Å². The Morgan fingerprint density at radius 1 is 0.643 bits per heavy atom. The minimum absolute atomic E-state index is 0.0587. The normalized spacial score (nSPS) is 13.7. The van der Waals surface area contributed by atoms with E-state index in [1.165, 1.54) is 11.1 Å². The van der Waals surface area contributed by atoms with Crippen molar-refractivity contribution in [2.75, 3.05) is 11.5 Å². The van der Waals surface area contributed by atoms with Gasteiger partial charge in [0.2, 0.25) is 0 Å². The van der Waals surface area contributed by atoms with Gasteiger partial charge in [-0.05, 0) is 47.9 Å². The lowest BCUT2D eigenvalue weighted by Crippen LogP contribution is -2.13. The quantitative estimate of drug-likeness (QED) is 0.409. The number of hydrogen-bond acceptors (Lipinski definition) is 4. The van der Waals surface area contributed by atoms with E-state index in [0.717, 1.165) is 33.9 Å². The van der Waals surface area contributed by atoms with E-state index < -0.39 is 0 Å². The Morgan fingerprint density at radius 2 is 0.964 bits per heavy atom. The van der Waals surface area contributed by atoms with Crippen LogP contribution in [0.1, 0.15) is 77.6 Å². The molecule has 0 aliphatic rings. The summed E-state index contributed by atoms with van der Waals surface area (Å²) in [5, 5.41) is 8.81. The van der Waals surface area contributed by atoms with Crippen LogP contribution in [0.2, 0.25) is 0 Å². The fourth-order valence-corrected chi connectivity index (χ4v) is 2.98. The third-order valence-corrected chi connectivity index (χ3v) is 4.96. The molecule has 2 aromatic carbocycles. The fraction of sp³-hybridized carbons (Fsp3) is 0.417. The fourth-order valence-electron chi connectivity index (χ4n) is 2.98. The maximum atomic E-state index is 6.27. The largest absolute Gasteiger partial charge is 0.398 e. The number of hydrogen-bond donors (Lipinski definition) is 2. The number of nitrogen functional groups attached to an aromatic ring is 2. The van der Waals surface area contributed by atoms with Crippen molar-refractivity contribution < 1.29 is 0 Å². The zero-order chi connectivity index (χ0) is 21.3. The van der Waals surface area contributed by atoms with E-state index in [0.29, 0.717) is 0 Å². The first-order chi connectivity index (χ1) is 12.8. The topological polar surface area (TPSA) is 76.8 Å². The number of benzene rings is 2. The molecule has 0 radical (unpaired) electrons. The highest BCUT2D eigenvalue weighted by atomic mass is 15.2. The van der Waals surface area contributed by atoms with Crippen molar-refractivity contribution in [3.8, 4) is 0 Å². The lowest BCUT2D eigenvalue weighted by atomic mass is 9.86. The molecule has 0 unspecified atom stereocenters. The first kappa shape index (κ1) is 21.7. The third kappa shape index (κ3) is 5.00. The van der Waals surface area contributed by atoms with Crippen molar-refractivity contribution in [3.05, 3.63) is 58.7 Å². The Bertz CT molecular complexity index is 845. The van der Waals surface area contributed by atoms with Gasteiger partial charge < -0.3 is 11.5 Å². The van der Waals surface area contributed by atoms with E-state index in [9.17, 15) is 0 Å². The van der Waals surface area contributed by atoms with Gasteiger partial charge in [-0.3, -0.25) is 0 Å². The van der Waals surface area contributed by atoms with Crippen LogP contribution in [0.25, 0.3) is 0 Å². The molecule has 4 N–H and O–H groups in total. The van der Waals surface area contributed by atoms with Gasteiger partial charge in [-0.15, -0.1) is 0 Å². The van der Waals surface area contributed by atoms with Crippen molar-refractivity contribution in [1.82, 2.24) is 0 Å². The van der Waals surface area contributed by atoms with E-state index in [1.807, 2.05) is 38.1 Å². The SMILES string of the molecule is C/C(=N/N=C(/C)c1ccc(C(C)(C)C)cc1N)c1ccc(C(C)(C)C)cc1N. The number of nitrogens with zero attached hydrogens (tertiary/aromatic N) is 2. The Kier molecular flexibility index (Phi) is 6.03. The Hall–Kier alpha value is -2.62. The molecule has 0 fully saturated rings. The highest BCUT2D eigenvalue weighted by Crippen LogP contribution is 2.27. The second kappa shape index (κ2) is 7.78. The molecule has 0 aliphatic carbocycles. The zero-order valence-corrected chi connectivity index (χ0v) is 18.5. The smallest absolute Gasteiger partial charge is 0.0692 e. The van der Waals surface area contributed by atoms with Gasteiger partial charge in [-0.2, -0.15) is 10.2 Å². The van der Waals surface area contributed by atoms with Crippen LogP contribution in [0.15, 0.2) is 46.6 Å². The minimum Gasteiger partial charge on any atom is -0.398 e. The monoisotopic (exact) mass is 378 g/mol. The van der Waals surface area contributed by atoms with Crippen LogP contribution in [0.5, 0.6) is 0 Å². The summed E-state index contributed by atoms with van der Waals surface area (Å²) in [6.45, 7) is 16.9. The molecule has 2 aromatic rings. The molecule has 4 nitrogen and oxygen atoms in total. The average Bonchev–Trinajstić information content (AvgIpc) is 2.57. The van der Waals surface area contributed by atoms with Gasteiger partial charge in [-0.25, -0.2) is 0 Å². The van der Waals surface area contributed by atoms with Gasteiger partial charge in [0, 0.05) is 22.5 Å². The molecule has 2 rings (SSSR count). The van der Waals surface area contributed by atoms with Crippen molar-refractivity contribution in [2.24, 2.45) is 10.2 Å². The van der Waals surface area contributed by atoms with Gasteiger partial charge >= 0.3 is 0 Å². The van der Waals surface area contributed by atoms with Crippen LogP contribution in [0.3, 0.4) is 0 Å². The van der Waals surface area contributed by atoms with Gasteiger partial charge in [-0.1, -0.05) is 65.8 Å². The van der Waals surface area contributed by atoms with Gasteiger partial charge in [0.15, 0.2) is 0 Å². The van der Waals surface area contributed by atoms with Crippen LogP contribution in [-0.4, -0.2) is 11.4 Å². The molecule has 150 valence electrons. The van der Waals surface area contributed by atoms with Crippen LogP contribution >= 0.6 is 0 Å². The summed E-state index contributed by atoms with van der Waals surface area (Å²) in [4.78, 5) is 0. The van der Waals surface area contributed by atoms with Crippen LogP contribution < -0.4 is 11.5 Å². The predicted molar refractivity (Wildman–Crippen MR) is 124 cm³/mol. The maximum absolute atomic E-state index is 6.27. The van der Waals surface area contributed by atoms with Gasteiger partial charge in [0.25, 0.3) is 0 Å². The highest BCUT2D eigenvalue weighted by molar-refractivity contribution is 6.06. The standard InChI is InChI=1S/C24H34N4/c1-15(19-11-9-17(13-21(19)25)23(3,4)5)27-28-16(2)20-12-10-18(14-22(20)26)24(6,7)8/h9-14H,25-26H2,1-8H3/b27-15-,28-16-. The molecule has 0 amide bonds. The Morgan fingerprint density at radius 3 is 1.21 bits per heavy atom. The molecule has 0 saturated carbocycles. The summed E-state index contributed by atoms with van der Waals surface area (Å²) in [5.74, 6) is 0. The molecular weight excluding hydrogens is 344 g/mol. The van der Waals surface area contributed by atoms with Crippen LogP contribution in [0, 0.1) is 0 Å². The van der Waals surface area contributed by atoms with E-state index in [2.05, 4.69) is 63.9 Å². The minimum atomic E-state index is 0.0587. The summed E-state index contributed by atoms with van der Waals surface area (Å²) in [5.41, 5.74) is 19.9. The molecule has 28 heavy (non-hydrogen) atoms. The summed E-state index contributed by atoms with van der Waals surface area (Å²) in [7, 11) is 0. The lowest BCUT2D eigenvalue weighted by Gasteiger charge is -2.20. The van der Waals surface area contributed by atoms with Gasteiger partial charge in [0.05, 0.1) is 11.4 Å². The molecule has 0 heterocycles. The first-order valence-electron chi connectivity index (χ1n) is 9.70. The molecule has 0 bridgehead atoms. The number of nitrogens with two attached hydrogens (primary N) is 2. The third-order valence-electron chi connectivity index (χ3n) is 4.96. The predicted octanol–water partition coefficient (Wildman–Crippen LogP) is 5.68.